The highest BCUT2D eigenvalue weighted by atomic mass is 35.5. The van der Waals surface area contributed by atoms with Gasteiger partial charge in [0.05, 0.1) is 5.25 Å². The number of halogens is 1. The Morgan fingerprint density at radius 2 is 2.32 bits per heavy atom. The standard InChI is InChI=1S/C15H16ClN3O2S/c1-2-4-13-17-18-15(21-13)22-12-7-8-19(14(12)20)11-6-3-5-10(16)9-11/h3,5-6,9,12H,2,4,7-8H2,1H3/t12-/m1/s1. The summed E-state index contributed by atoms with van der Waals surface area (Å²) in [5.41, 5.74) is 0.831. The van der Waals surface area contributed by atoms with Gasteiger partial charge in [0.25, 0.3) is 5.22 Å². The topological polar surface area (TPSA) is 59.2 Å². The molecule has 1 aliphatic rings. The molecule has 0 aliphatic carbocycles. The zero-order valence-corrected chi connectivity index (χ0v) is 13.7. The SMILES string of the molecule is CCCc1nnc(S[C@@H]2CCN(c3cccc(Cl)c3)C2=O)o1. The minimum atomic E-state index is -0.186. The number of hydrogen-bond acceptors (Lipinski definition) is 5. The number of carbonyl (C=O) groups is 1. The van der Waals surface area contributed by atoms with E-state index in [0.717, 1.165) is 24.9 Å². The fourth-order valence-electron chi connectivity index (χ4n) is 2.39. The molecule has 1 amide bonds. The van der Waals surface area contributed by atoms with Crippen LogP contribution in [0.2, 0.25) is 5.02 Å². The van der Waals surface area contributed by atoms with Crippen LogP contribution in [0.15, 0.2) is 33.9 Å². The molecule has 7 heteroatoms. The van der Waals surface area contributed by atoms with Crippen LogP contribution in [0.1, 0.15) is 25.7 Å². The van der Waals surface area contributed by atoms with Crippen LogP contribution in [-0.4, -0.2) is 27.9 Å². The van der Waals surface area contributed by atoms with E-state index >= 15 is 0 Å². The Hall–Kier alpha value is -1.53. The van der Waals surface area contributed by atoms with Crippen molar-refractivity contribution in [1.82, 2.24) is 10.2 Å². The number of thioether (sulfide) groups is 1. The third-order valence-electron chi connectivity index (χ3n) is 3.43. The lowest BCUT2D eigenvalue weighted by Crippen LogP contribution is -2.27. The van der Waals surface area contributed by atoms with Crippen molar-refractivity contribution in [2.45, 2.75) is 36.7 Å². The minimum absolute atomic E-state index is 0.0579. The van der Waals surface area contributed by atoms with Gasteiger partial charge in [-0.1, -0.05) is 36.4 Å². The molecule has 1 aromatic carbocycles. The van der Waals surface area contributed by atoms with E-state index in [1.807, 2.05) is 12.1 Å². The highest BCUT2D eigenvalue weighted by Gasteiger charge is 2.34. The molecule has 22 heavy (non-hydrogen) atoms. The number of benzene rings is 1. The Morgan fingerprint density at radius 1 is 1.45 bits per heavy atom. The Labute approximate surface area is 138 Å². The lowest BCUT2D eigenvalue weighted by atomic mass is 10.3. The summed E-state index contributed by atoms with van der Waals surface area (Å²) in [6.45, 7) is 2.73. The van der Waals surface area contributed by atoms with Crippen molar-refractivity contribution in [3.63, 3.8) is 0 Å². The van der Waals surface area contributed by atoms with Crippen LogP contribution < -0.4 is 4.90 Å². The molecule has 5 nitrogen and oxygen atoms in total. The molecule has 1 aromatic heterocycles. The van der Waals surface area contributed by atoms with E-state index in [9.17, 15) is 4.79 Å². The zero-order chi connectivity index (χ0) is 15.5. The lowest BCUT2D eigenvalue weighted by Gasteiger charge is -2.16. The molecule has 0 bridgehead atoms. The molecular formula is C15H16ClN3O2S. The first-order valence-corrected chi connectivity index (χ1v) is 8.49. The number of carbonyl (C=O) groups excluding carboxylic acids is 1. The number of hydrogen-bond donors (Lipinski definition) is 0. The number of aryl methyl sites for hydroxylation is 1. The van der Waals surface area contributed by atoms with E-state index in [0.29, 0.717) is 22.7 Å². The summed E-state index contributed by atoms with van der Waals surface area (Å²) in [7, 11) is 0. The Bertz CT molecular complexity index is 676. The van der Waals surface area contributed by atoms with Crippen molar-refractivity contribution in [2.24, 2.45) is 0 Å². The maximum atomic E-state index is 12.5. The third-order valence-corrected chi connectivity index (χ3v) is 4.76. The van der Waals surface area contributed by atoms with E-state index in [1.165, 1.54) is 11.8 Å². The largest absolute Gasteiger partial charge is 0.416 e. The van der Waals surface area contributed by atoms with E-state index in [-0.39, 0.29) is 11.2 Å². The number of rotatable bonds is 5. The predicted octanol–water partition coefficient (Wildman–Crippen LogP) is 3.57. The molecule has 2 heterocycles. The first-order valence-electron chi connectivity index (χ1n) is 7.23. The summed E-state index contributed by atoms with van der Waals surface area (Å²) >= 11 is 7.34. The van der Waals surface area contributed by atoms with Gasteiger partial charge in [0.1, 0.15) is 0 Å². The summed E-state index contributed by atoms with van der Waals surface area (Å²) in [6, 6.07) is 7.34. The molecule has 0 radical (unpaired) electrons. The summed E-state index contributed by atoms with van der Waals surface area (Å²) in [5, 5.41) is 8.89. The third kappa shape index (κ3) is 3.28. The Kier molecular flexibility index (Phi) is 4.69. The zero-order valence-electron chi connectivity index (χ0n) is 12.2. The molecule has 0 N–H and O–H groups in total. The van der Waals surface area contributed by atoms with Crippen LogP contribution >= 0.6 is 23.4 Å². The number of amides is 1. The van der Waals surface area contributed by atoms with Crippen LogP contribution in [0.25, 0.3) is 0 Å². The highest BCUT2D eigenvalue weighted by Crippen LogP contribution is 2.33. The van der Waals surface area contributed by atoms with E-state index in [4.69, 9.17) is 16.0 Å². The Balaban J connectivity index is 1.68. The molecule has 0 spiro atoms. The molecule has 116 valence electrons. The molecule has 0 unspecified atom stereocenters. The van der Waals surface area contributed by atoms with E-state index in [2.05, 4.69) is 17.1 Å². The molecule has 1 fully saturated rings. The van der Waals surface area contributed by atoms with E-state index in [1.54, 1.807) is 17.0 Å². The van der Waals surface area contributed by atoms with E-state index < -0.39 is 0 Å². The number of aromatic nitrogens is 2. The second-order valence-electron chi connectivity index (χ2n) is 5.08. The van der Waals surface area contributed by atoms with Gasteiger partial charge < -0.3 is 9.32 Å². The summed E-state index contributed by atoms with van der Waals surface area (Å²) < 4.78 is 5.54. The minimum Gasteiger partial charge on any atom is -0.416 e. The average molecular weight is 338 g/mol. The van der Waals surface area contributed by atoms with Gasteiger partial charge in [0, 0.05) is 23.7 Å². The smallest absolute Gasteiger partial charge is 0.277 e. The normalized spacial score (nSPS) is 18.2. The molecule has 1 aliphatic heterocycles. The summed E-state index contributed by atoms with van der Waals surface area (Å²) in [4.78, 5) is 14.3. The Morgan fingerprint density at radius 3 is 3.09 bits per heavy atom. The van der Waals surface area contributed by atoms with Gasteiger partial charge in [0.15, 0.2) is 0 Å². The van der Waals surface area contributed by atoms with Crippen molar-refractivity contribution in [3.05, 3.63) is 35.2 Å². The summed E-state index contributed by atoms with van der Waals surface area (Å²) in [6.07, 6.45) is 2.47. The first-order chi connectivity index (χ1) is 10.7. The van der Waals surface area contributed by atoms with Crippen LogP contribution in [0.5, 0.6) is 0 Å². The van der Waals surface area contributed by atoms with Crippen molar-refractivity contribution in [1.29, 1.82) is 0 Å². The van der Waals surface area contributed by atoms with Gasteiger partial charge in [-0.15, -0.1) is 10.2 Å². The maximum absolute atomic E-state index is 12.5. The van der Waals surface area contributed by atoms with Gasteiger partial charge in [-0.25, -0.2) is 0 Å². The molecule has 1 atom stereocenters. The van der Waals surface area contributed by atoms with Crippen molar-refractivity contribution in [2.75, 3.05) is 11.4 Å². The fraction of sp³-hybridized carbons (Fsp3) is 0.400. The van der Waals surface area contributed by atoms with Crippen molar-refractivity contribution < 1.29 is 9.21 Å². The van der Waals surface area contributed by atoms with Gasteiger partial charge in [-0.3, -0.25) is 4.79 Å². The van der Waals surface area contributed by atoms with Crippen molar-refractivity contribution >= 4 is 35.0 Å². The second kappa shape index (κ2) is 6.71. The molecule has 1 saturated heterocycles. The monoisotopic (exact) mass is 337 g/mol. The number of anilines is 1. The maximum Gasteiger partial charge on any atom is 0.277 e. The van der Waals surface area contributed by atoms with Crippen LogP contribution in [-0.2, 0) is 11.2 Å². The van der Waals surface area contributed by atoms with Crippen LogP contribution in [0.3, 0.4) is 0 Å². The number of nitrogens with zero attached hydrogens (tertiary/aromatic N) is 3. The molecule has 0 saturated carbocycles. The fourth-order valence-corrected chi connectivity index (χ4v) is 3.50. The molecule has 3 rings (SSSR count). The highest BCUT2D eigenvalue weighted by molar-refractivity contribution is 8.00. The van der Waals surface area contributed by atoms with Gasteiger partial charge in [-0.2, -0.15) is 0 Å². The van der Waals surface area contributed by atoms with Gasteiger partial charge in [-0.05, 0) is 31.0 Å². The predicted molar refractivity (Wildman–Crippen MR) is 86.4 cm³/mol. The molecule has 2 aromatic rings. The summed E-state index contributed by atoms with van der Waals surface area (Å²) in [5.74, 6) is 0.685. The quantitative estimate of drug-likeness (QED) is 0.834. The van der Waals surface area contributed by atoms with Crippen LogP contribution in [0, 0.1) is 0 Å². The average Bonchev–Trinajstić information content (AvgIpc) is 3.08. The van der Waals surface area contributed by atoms with Gasteiger partial charge in [0.2, 0.25) is 11.8 Å². The van der Waals surface area contributed by atoms with Crippen LogP contribution in [0.4, 0.5) is 5.69 Å². The molecular weight excluding hydrogens is 322 g/mol. The second-order valence-corrected chi connectivity index (χ2v) is 6.67. The lowest BCUT2D eigenvalue weighted by molar-refractivity contribution is -0.116. The van der Waals surface area contributed by atoms with Crippen molar-refractivity contribution in [3.8, 4) is 0 Å². The first kappa shape index (κ1) is 15.4. The van der Waals surface area contributed by atoms with Gasteiger partial charge >= 0.3 is 0 Å².